The molecule has 0 unspecified atom stereocenters. The Morgan fingerprint density at radius 3 is 2.78 bits per heavy atom. The highest BCUT2D eigenvalue weighted by Gasteiger charge is 2.14. The van der Waals surface area contributed by atoms with Gasteiger partial charge in [-0.1, -0.05) is 11.6 Å². The Hall–Kier alpha value is -0.470. The topological polar surface area (TPSA) is 59.1 Å². The highest BCUT2D eigenvalue weighted by Crippen LogP contribution is 2.22. The summed E-state index contributed by atoms with van der Waals surface area (Å²) in [7, 11) is -3.55. The summed E-state index contributed by atoms with van der Waals surface area (Å²) >= 11 is 10.5. The maximum absolute atomic E-state index is 12.0. The first-order valence-electron chi connectivity index (χ1n) is 4.83. The van der Waals surface area contributed by atoms with Gasteiger partial charge in [-0.3, -0.25) is 0 Å². The lowest BCUT2D eigenvalue weighted by Crippen LogP contribution is -2.22. The number of hydrogen-bond acceptors (Lipinski definition) is 4. The van der Waals surface area contributed by atoms with Crippen molar-refractivity contribution in [2.45, 2.75) is 11.4 Å². The largest absolute Gasteiger partial charge is 0.244 e. The molecule has 0 aliphatic heterocycles. The van der Waals surface area contributed by atoms with Gasteiger partial charge in [0.15, 0.2) is 0 Å². The first-order chi connectivity index (χ1) is 8.47. The summed E-state index contributed by atoms with van der Waals surface area (Å²) in [6, 6.07) is 6.45. The average Bonchev–Trinajstić information content (AvgIpc) is 2.73. The summed E-state index contributed by atoms with van der Waals surface area (Å²) in [5.41, 5.74) is 0. The number of aromatic nitrogens is 1. The lowest BCUT2D eigenvalue weighted by Gasteiger charge is -2.05. The number of sulfonamides is 1. The lowest BCUT2D eigenvalue weighted by atomic mass is 10.5. The summed E-state index contributed by atoms with van der Waals surface area (Å²) in [5, 5.41) is 0.150. The molecular weight excluding hydrogens is 360 g/mol. The van der Waals surface area contributed by atoms with Crippen molar-refractivity contribution < 1.29 is 8.42 Å². The summed E-state index contributed by atoms with van der Waals surface area (Å²) in [6.07, 6.45) is 1.36. The minimum atomic E-state index is -3.55. The Bertz CT molecular complexity index is 657. The molecule has 0 aliphatic carbocycles. The summed E-state index contributed by atoms with van der Waals surface area (Å²) < 4.78 is 27.4. The van der Waals surface area contributed by atoms with E-state index in [0.717, 1.165) is 8.66 Å². The molecule has 96 valence electrons. The van der Waals surface area contributed by atoms with E-state index >= 15 is 0 Å². The van der Waals surface area contributed by atoms with Crippen LogP contribution >= 0.6 is 38.9 Å². The molecule has 2 aromatic rings. The Labute approximate surface area is 122 Å². The predicted molar refractivity (Wildman–Crippen MR) is 75.3 cm³/mol. The maximum Gasteiger partial charge on any atom is 0.241 e. The molecule has 0 atom stereocenters. The van der Waals surface area contributed by atoms with Crippen LogP contribution in [0.5, 0.6) is 0 Å². The van der Waals surface area contributed by atoms with E-state index in [-0.39, 0.29) is 16.6 Å². The molecule has 18 heavy (non-hydrogen) atoms. The molecule has 2 aromatic heterocycles. The van der Waals surface area contributed by atoms with Crippen LogP contribution < -0.4 is 4.72 Å². The molecule has 2 rings (SSSR count). The van der Waals surface area contributed by atoms with E-state index in [1.807, 2.05) is 12.1 Å². The Morgan fingerprint density at radius 1 is 1.39 bits per heavy atom. The fraction of sp³-hybridized carbons (Fsp3) is 0.100. The van der Waals surface area contributed by atoms with Gasteiger partial charge >= 0.3 is 0 Å². The third kappa shape index (κ3) is 3.52. The van der Waals surface area contributed by atoms with Gasteiger partial charge < -0.3 is 0 Å². The van der Waals surface area contributed by atoms with Crippen LogP contribution in [-0.4, -0.2) is 13.4 Å². The fourth-order valence-electron chi connectivity index (χ4n) is 1.25. The summed E-state index contributed by atoms with van der Waals surface area (Å²) in [4.78, 5) is 4.78. The van der Waals surface area contributed by atoms with E-state index in [9.17, 15) is 8.42 Å². The second-order valence-corrected chi connectivity index (χ2v) is 8.05. The number of nitrogens with one attached hydrogen (secondary N) is 1. The number of nitrogens with zero attached hydrogens (tertiary/aromatic N) is 1. The number of thiophene rings is 1. The molecule has 0 amide bonds. The van der Waals surface area contributed by atoms with E-state index in [0.29, 0.717) is 0 Å². The average molecular weight is 368 g/mol. The zero-order valence-electron chi connectivity index (χ0n) is 8.93. The molecule has 0 fully saturated rings. The van der Waals surface area contributed by atoms with Crippen LogP contribution in [-0.2, 0) is 16.6 Å². The predicted octanol–water partition coefficient (Wildman–Crippen LogP) is 3.04. The molecular formula is C10H8BrClN2O2S2. The van der Waals surface area contributed by atoms with Crippen molar-refractivity contribution in [1.29, 1.82) is 0 Å². The minimum Gasteiger partial charge on any atom is -0.244 e. The number of rotatable bonds is 4. The Balaban J connectivity index is 2.13. The van der Waals surface area contributed by atoms with Gasteiger partial charge in [0.2, 0.25) is 10.0 Å². The lowest BCUT2D eigenvalue weighted by molar-refractivity contribution is 0.581. The van der Waals surface area contributed by atoms with Gasteiger partial charge in [0, 0.05) is 17.6 Å². The molecule has 4 nitrogen and oxygen atoms in total. The monoisotopic (exact) mass is 366 g/mol. The van der Waals surface area contributed by atoms with Crippen LogP contribution in [0.4, 0.5) is 0 Å². The SMILES string of the molecule is O=S(=O)(NCc1ccc(Br)s1)c1ccnc(Cl)c1. The van der Waals surface area contributed by atoms with Crippen LogP contribution in [0.25, 0.3) is 0 Å². The zero-order chi connectivity index (χ0) is 13.2. The second kappa shape index (κ2) is 5.66. The van der Waals surface area contributed by atoms with Crippen LogP contribution in [0.3, 0.4) is 0 Å². The van der Waals surface area contributed by atoms with E-state index < -0.39 is 10.0 Å². The third-order valence-electron chi connectivity index (χ3n) is 2.07. The van der Waals surface area contributed by atoms with Crippen LogP contribution in [0.1, 0.15) is 4.88 Å². The van der Waals surface area contributed by atoms with Crippen molar-refractivity contribution in [2.24, 2.45) is 0 Å². The molecule has 0 saturated heterocycles. The van der Waals surface area contributed by atoms with Gasteiger partial charge in [-0.15, -0.1) is 11.3 Å². The molecule has 0 spiro atoms. The van der Waals surface area contributed by atoms with E-state index in [4.69, 9.17) is 11.6 Å². The summed E-state index contributed by atoms with van der Waals surface area (Å²) in [6.45, 7) is 0.249. The number of hydrogen-bond donors (Lipinski definition) is 1. The van der Waals surface area contributed by atoms with Crippen LogP contribution in [0.2, 0.25) is 5.15 Å². The third-order valence-corrected chi connectivity index (χ3v) is 5.30. The maximum atomic E-state index is 12.0. The second-order valence-electron chi connectivity index (χ2n) is 3.34. The van der Waals surface area contributed by atoms with Crippen molar-refractivity contribution in [2.75, 3.05) is 0 Å². The molecule has 0 radical (unpaired) electrons. The molecule has 0 aromatic carbocycles. The van der Waals surface area contributed by atoms with Crippen molar-refractivity contribution in [3.8, 4) is 0 Å². The fourth-order valence-corrected chi connectivity index (χ4v) is 4.02. The quantitative estimate of drug-likeness (QED) is 0.845. The molecule has 8 heteroatoms. The van der Waals surface area contributed by atoms with Crippen LogP contribution in [0, 0.1) is 0 Å². The first-order valence-corrected chi connectivity index (χ1v) is 8.30. The molecule has 0 saturated carbocycles. The molecule has 0 aliphatic rings. The number of halogens is 2. The van der Waals surface area contributed by atoms with Gasteiger partial charge in [0.25, 0.3) is 0 Å². The van der Waals surface area contributed by atoms with Crippen molar-refractivity contribution in [1.82, 2.24) is 9.71 Å². The highest BCUT2D eigenvalue weighted by atomic mass is 79.9. The smallest absolute Gasteiger partial charge is 0.241 e. The molecule has 0 bridgehead atoms. The minimum absolute atomic E-state index is 0.109. The van der Waals surface area contributed by atoms with Crippen molar-refractivity contribution in [3.63, 3.8) is 0 Å². The Morgan fingerprint density at radius 2 is 2.17 bits per heavy atom. The van der Waals surface area contributed by atoms with E-state index in [2.05, 4.69) is 25.6 Å². The summed E-state index contributed by atoms with van der Waals surface area (Å²) in [5.74, 6) is 0. The standard InChI is InChI=1S/C10H8BrClN2O2S2/c11-9-2-1-7(17-9)6-14-18(15,16)8-3-4-13-10(12)5-8/h1-5,14H,6H2. The van der Waals surface area contributed by atoms with Gasteiger partial charge in [-0.25, -0.2) is 18.1 Å². The van der Waals surface area contributed by atoms with Gasteiger partial charge in [0.05, 0.1) is 8.68 Å². The Kier molecular flexibility index (Phi) is 4.39. The molecule has 1 N–H and O–H groups in total. The van der Waals surface area contributed by atoms with Crippen molar-refractivity contribution in [3.05, 3.63) is 44.3 Å². The van der Waals surface area contributed by atoms with Gasteiger partial charge in [-0.2, -0.15) is 0 Å². The normalized spacial score (nSPS) is 11.7. The first kappa shape index (κ1) is 14.0. The van der Waals surface area contributed by atoms with Crippen LogP contribution in [0.15, 0.2) is 39.1 Å². The van der Waals surface area contributed by atoms with Gasteiger partial charge in [0.1, 0.15) is 5.15 Å². The highest BCUT2D eigenvalue weighted by molar-refractivity contribution is 9.11. The molecule has 2 heterocycles. The van der Waals surface area contributed by atoms with E-state index in [1.54, 1.807) is 0 Å². The number of pyridine rings is 1. The van der Waals surface area contributed by atoms with E-state index in [1.165, 1.54) is 29.7 Å². The zero-order valence-corrected chi connectivity index (χ0v) is 12.9. The van der Waals surface area contributed by atoms with Crippen molar-refractivity contribution >= 4 is 48.9 Å². The van der Waals surface area contributed by atoms with Gasteiger partial charge in [-0.05, 0) is 40.2 Å².